The van der Waals surface area contributed by atoms with Gasteiger partial charge in [-0.25, -0.2) is 4.98 Å². The van der Waals surface area contributed by atoms with Crippen LogP contribution in [0.15, 0.2) is 102 Å². The number of anilines is 1. The van der Waals surface area contributed by atoms with Crippen LogP contribution >= 0.6 is 11.3 Å². The van der Waals surface area contributed by atoms with E-state index in [0.717, 1.165) is 38.4 Å². The molecule has 5 rings (SSSR count). The number of benzene rings is 4. The van der Waals surface area contributed by atoms with Gasteiger partial charge in [-0.1, -0.05) is 53.8 Å². The number of methoxy groups -OCH3 is 1. The molecule has 0 fully saturated rings. The van der Waals surface area contributed by atoms with E-state index in [2.05, 4.69) is 10.1 Å². The second-order valence-corrected chi connectivity index (χ2v) is 9.15. The first-order chi connectivity index (χ1) is 18.1. The minimum absolute atomic E-state index is 0.271. The number of aromatic nitrogens is 1. The molecule has 1 aromatic heterocycles. The molecule has 0 spiro atoms. The van der Waals surface area contributed by atoms with Crippen LogP contribution in [0, 0.1) is 0 Å². The highest BCUT2D eigenvalue weighted by atomic mass is 32.1. The van der Waals surface area contributed by atoms with Crippen molar-refractivity contribution in [2.75, 3.05) is 18.7 Å². The minimum atomic E-state index is -0.271. The van der Waals surface area contributed by atoms with Crippen molar-refractivity contribution in [1.82, 2.24) is 4.98 Å². The van der Waals surface area contributed by atoms with E-state index in [1.54, 1.807) is 13.3 Å². The normalized spacial score (nSPS) is 11.1. The van der Waals surface area contributed by atoms with Crippen LogP contribution in [0.4, 0.5) is 5.13 Å². The number of thiazole rings is 1. The fourth-order valence-electron chi connectivity index (χ4n) is 3.80. The van der Waals surface area contributed by atoms with Crippen LogP contribution in [0.25, 0.3) is 21.3 Å². The molecule has 0 unspecified atom stereocenters. The Morgan fingerprint density at radius 1 is 0.919 bits per heavy atom. The van der Waals surface area contributed by atoms with E-state index >= 15 is 0 Å². The van der Waals surface area contributed by atoms with E-state index in [1.807, 2.05) is 104 Å². The zero-order valence-electron chi connectivity index (χ0n) is 20.5. The highest BCUT2D eigenvalue weighted by Gasteiger charge is 2.21. The highest BCUT2D eigenvalue weighted by molar-refractivity contribution is 7.22. The first kappa shape index (κ1) is 24.2. The second-order valence-electron chi connectivity index (χ2n) is 8.14. The van der Waals surface area contributed by atoms with Gasteiger partial charge in [0.25, 0.3) is 5.91 Å². The number of ether oxygens (including phenoxy) is 2. The fraction of sp³-hybridized carbons (Fsp3) is 0.100. The van der Waals surface area contributed by atoms with E-state index in [-0.39, 0.29) is 5.91 Å². The lowest BCUT2D eigenvalue weighted by Crippen LogP contribution is -2.25. The molecule has 0 aliphatic carbocycles. The molecule has 0 bridgehead atoms. The van der Waals surface area contributed by atoms with Crippen molar-refractivity contribution in [3.8, 4) is 22.6 Å². The van der Waals surface area contributed by atoms with Gasteiger partial charge in [0.15, 0.2) is 0 Å². The number of fused-ring (bicyclic) bond motifs is 1. The predicted molar refractivity (Wildman–Crippen MR) is 150 cm³/mol. The Bertz CT molecular complexity index is 1530. The fourth-order valence-corrected chi connectivity index (χ4v) is 4.75. The van der Waals surface area contributed by atoms with Gasteiger partial charge in [0.1, 0.15) is 11.5 Å². The molecule has 0 aliphatic heterocycles. The third kappa shape index (κ3) is 5.52. The van der Waals surface area contributed by atoms with Crippen molar-refractivity contribution in [2.45, 2.75) is 6.92 Å². The average Bonchev–Trinajstić information content (AvgIpc) is 3.37. The Morgan fingerprint density at radius 2 is 1.62 bits per heavy atom. The maximum Gasteiger partial charge on any atom is 0.280 e. The summed E-state index contributed by atoms with van der Waals surface area (Å²) < 4.78 is 11.8. The highest BCUT2D eigenvalue weighted by Crippen LogP contribution is 2.32. The van der Waals surface area contributed by atoms with Gasteiger partial charge in [0, 0.05) is 5.56 Å². The van der Waals surface area contributed by atoms with Crippen molar-refractivity contribution in [3.63, 3.8) is 0 Å². The summed E-state index contributed by atoms with van der Waals surface area (Å²) in [4.78, 5) is 18.4. The Morgan fingerprint density at radius 3 is 2.32 bits per heavy atom. The molecule has 4 aromatic carbocycles. The first-order valence-corrected chi connectivity index (χ1v) is 12.7. The molecule has 184 valence electrons. The molecule has 6 nitrogen and oxygen atoms in total. The lowest BCUT2D eigenvalue weighted by Gasteiger charge is -2.14. The van der Waals surface area contributed by atoms with Crippen LogP contribution in [0.2, 0.25) is 0 Å². The lowest BCUT2D eigenvalue weighted by molar-refractivity contribution is 0.0988. The average molecular weight is 508 g/mol. The van der Waals surface area contributed by atoms with Crippen molar-refractivity contribution in [3.05, 3.63) is 108 Å². The van der Waals surface area contributed by atoms with Crippen molar-refractivity contribution in [2.24, 2.45) is 5.10 Å². The standard InChI is InChI=1S/C30H25N3O3S/c1-3-36-25-15-9-21(10-16-25)20-31-33(30-32-27-18-17-26(35-2)19-28(27)37-30)29(34)24-13-11-23(12-14-24)22-7-5-4-6-8-22/h4-20H,3H2,1-2H3/b31-20+. The number of carbonyl (C=O) groups excluding carboxylic acids is 1. The zero-order valence-corrected chi connectivity index (χ0v) is 21.3. The SMILES string of the molecule is CCOc1ccc(/C=N/N(C(=O)c2ccc(-c3ccccc3)cc2)c2nc3ccc(OC)cc3s2)cc1. The van der Waals surface area contributed by atoms with E-state index in [0.29, 0.717) is 17.3 Å². The van der Waals surface area contributed by atoms with E-state index in [1.165, 1.54) is 16.3 Å². The van der Waals surface area contributed by atoms with Gasteiger partial charge in [-0.15, -0.1) is 0 Å². The molecule has 0 radical (unpaired) electrons. The zero-order chi connectivity index (χ0) is 25.6. The Hall–Kier alpha value is -4.49. The molecule has 1 heterocycles. The van der Waals surface area contributed by atoms with Crippen LogP contribution in [-0.4, -0.2) is 30.8 Å². The number of hydrogen-bond acceptors (Lipinski definition) is 6. The maximum atomic E-state index is 13.7. The summed E-state index contributed by atoms with van der Waals surface area (Å²) in [5, 5.41) is 6.40. The Balaban J connectivity index is 1.48. The smallest absolute Gasteiger partial charge is 0.280 e. The number of carbonyl (C=O) groups is 1. The van der Waals surface area contributed by atoms with Crippen LogP contribution in [0.3, 0.4) is 0 Å². The van der Waals surface area contributed by atoms with Crippen molar-refractivity contribution in [1.29, 1.82) is 0 Å². The van der Waals surface area contributed by atoms with Gasteiger partial charge < -0.3 is 9.47 Å². The molecule has 0 aliphatic rings. The van der Waals surface area contributed by atoms with Gasteiger partial charge in [-0.3, -0.25) is 4.79 Å². The predicted octanol–water partition coefficient (Wildman–Crippen LogP) is 7.05. The number of hydrogen-bond donors (Lipinski definition) is 0. The number of hydrazone groups is 1. The van der Waals surface area contributed by atoms with Crippen LogP contribution in [-0.2, 0) is 0 Å². The van der Waals surface area contributed by atoms with Crippen LogP contribution < -0.4 is 14.5 Å². The summed E-state index contributed by atoms with van der Waals surface area (Å²) in [5.74, 6) is 1.24. The van der Waals surface area contributed by atoms with Gasteiger partial charge in [-0.2, -0.15) is 10.1 Å². The van der Waals surface area contributed by atoms with Crippen LogP contribution in [0.1, 0.15) is 22.8 Å². The topological polar surface area (TPSA) is 64.0 Å². The maximum absolute atomic E-state index is 13.7. The molecule has 0 N–H and O–H groups in total. The first-order valence-electron chi connectivity index (χ1n) is 11.9. The summed E-state index contributed by atoms with van der Waals surface area (Å²) in [5.41, 5.74) is 4.25. The van der Waals surface area contributed by atoms with Crippen molar-refractivity contribution < 1.29 is 14.3 Å². The molecule has 37 heavy (non-hydrogen) atoms. The summed E-state index contributed by atoms with van der Waals surface area (Å²) in [7, 11) is 1.62. The summed E-state index contributed by atoms with van der Waals surface area (Å²) in [6, 6.07) is 30.8. The third-order valence-electron chi connectivity index (χ3n) is 5.71. The second kappa shape index (κ2) is 11.1. The quantitative estimate of drug-likeness (QED) is 0.167. The van der Waals surface area contributed by atoms with E-state index in [4.69, 9.17) is 9.47 Å². The lowest BCUT2D eigenvalue weighted by atomic mass is 10.0. The van der Waals surface area contributed by atoms with Gasteiger partial charge >= 0.3 is 0 Å². The number of rotatable bonds is 8. The third-order valence-corrected chi connectivity index (χ3v) is 6.70. The van der Waals surface area contributed by atoms with E-state index in [9.17, 15) is 4.79 Å². The molecule has 7 heteroatoms. The molecular weight excluding hydrogens is 482 g/mol. The number of amides is 1. The monoisotopic (exact) mass is 507 g/mol. The molecule has 1 amide bonds. The van der Waals surface area contributed by atoms with Gasteiger partial charge in [0.2, 0.25) is 5.13 Å². The molecule has 5 aromatic rings. The summed E-state index contributed by atoms with van der Waals surface area (Å²) >= 11 is 1.38. The molecular formula is C30H25N3O3S. The molecule has 0 saturated heterocycles. The molecule has 0 atom stereocenters. The summed E-state index contributed by atoms with van der Waals surface area (Å²) in [6.07, 6.45) is 1.65. The number of nitrogens with zero attached hydrogens (tertiary/aromatic N) is 3. The molecule has 0 saturated carbocycles. The Labute approximate surface area is 219 Å². The van der Waals surface area contributed by atoms with Gasteiger partial charge in [0.05, 0.1) is 30.1 Å². The van der Waals surface area contributed by atoms with Crippen LogP contribution in [0.5, 0.6) is 11.5 Å². The Kier molecular flexibility index (Phi) is 7.23. The van der Waals surface area contributed by atoms with Gasteiger partial charge in [-0.05, 0) is 78.2 Å². The van der Waals surface area contributed by atoms with Crippen molar-refractivity contribution >= 4 is 38.8 Å². The largest absolute Gasteiger partial charge is 0.497 e. The minimum Gasteiger partial charge on any atom is -0.497 e. The van der Waals surface area contributed by atoms with E-state index < -0.39 is 0 Å². The summed E-state index contributed by atoms with van der Waals surface area (Å²) in [6.45, 7) is 2.54.